The Bertz CT molecular complexity index is 375. The molecule has 0 saturated heterocycles. The molecule has 0 saturated carbocycles. The minimum Gasteiger partial charge on any atom is -0.390 e. The second-order valence-corrected chi connectivity index (χ2v) is 5.39. The Kier molecular flexibility index (Phi) is 5.16. The molecule has 0 bridgehead atoms. The molecule has 0 aromatic carbocycles. The monoisotopic (exact) mass is 304 g/mol. The maximum absolute atomic E-state index is 10.3. The number of rotatable bonds is 6. The van der Waals surface area contributed by atoms with Crippen LogP contribution in [0, 0.1) is 0 Å². The minimum atomic E-state index is -0.767. The molecule has 0 fully saturated rings. The van der Waals surface area contributed by atoms with Crippen LogP contribution in [0.4, 0.5) is 0 Å². The van der Waals surface area contributed by atoms with E-state index in [-0.39, 0.29) is 0 Å². The topological polar surface area (TPSA) is 47.3 Å². The molecule has 0 aliphatic heterocycles. The van der Waals surface area contributed by atoms with Crippen LogP contribution < -0.4 is 0 Å². The predicted molar refractivity (Wildman–Crippen MR) is 71.1 cm³/mol. The van der Waals surface area contributed by atoms with Gasteiger partial charge in [-0.25, -0.2) is 0 Å². The number of methoxy groups -OCH3 is 1. The van der Waals surface area contributed by atoms with Gasteiger partial charge in [-0.15, -0.1) is 0 Å². The number of hydrogen-bond donors (Lipinski definition) is 1. The molecule has 1 aromatic rings. The van der Waals surface area contributed by atoms with E-state index < -0.39 is 5.60 Å². The van der Waals surface area contributed by atoms with Crippen LogP contribution in [-0.2, 0) is 24.6 Å². The third-order valence-electron chi connectivity index (χ3n) is 2.90. The lowest BCUT2D eigenvalue weighted by molar-refractivity contribution is 0.0233. The van der Waals surface area contributed by atoms with E-state index in [4.69, 9.17) is 4.74 Å². The van der Waals surface area contributed by atoms with Gasteiger partial charge in [0.2, 0.25) is 0 Å². The van der Waals surface area contributed by atoms with Crippen molar-refractivity contribution < 1.29 is 9.84 Å². The van der Waals surface area contributed by atoms with Gasteiger partial charge in [-0.2, -0.15) is 5.10 Å². The first-order chi connectivity index (χ1) is 7.91. The summed E-state index contributed by atoms with van der Waals surface area (Å²) in [5.41, 5.74) is 1.30. The summed E-state index contributed by atoms with van der Waals surface area (Å²) in [6, 6.07) is 0. The summed E-state index contributed by atoms with van der Waals surface area (Å²) in [6.07, 6.45) is 2.07. The number of halogens is 1. The Hall–Kier alpha value is -0.390. The molecule has 1 atom stereocenters. The molecule has 0 amide bonds. The standard InChI is InChI=1S/C12H21BrN2O2/c1-5-9-11(13)10(15(3)14-9)8-12(2,16)6-7-17-4/h16H,5-8H2,1-4H3. The maximum Gasteiger partial charge on any atom is 0.0766 e. The van der Waals surface area contributed by atoms with E-state index in [2.05, 4.69) is 28.0 Å². The van der Waals surface area contributed by atoms with E-state index >= 15 is 0 Å². The predicted octanol–water partition coefficient (Wildman–Crippen LogP) is 2.08. The molecule has 1 aromatic heterocycles. The Labute approximate surface area is 111 Å². The van der Waals surface area contributed by atoms with E-state index in [9.17, 15) is 5.11 Å². The molecule has 0 aliphatic rings. The van der Waals surface area contributed by atoms with E-state index in [1.165, 1.54) is 0 Å². The number of hydrogen-bond acceptors (Lipinski definition) is 3. The Morgan fingerprint density at radius 3 is 2.65 bits per heavy atom. The van der Waals surface area contributed by atoms with Gasteiger partial charge < -0.3 is 9.84 Å². The number of aromatic nitrogens is 2. The number of nitrogens with zero attached hydrogens (tertiary/aromatic N) is 2. The van der Waals surface area contributed by atoms with Crippen LogP contribution in [0.25, 0.3) is 0 Å². The van der Waals surface area contributed by atoms with Gasteiger partial charge in [0.05, 0.1) is 21.5 Å². The molecule has 17 heavy (non-hydrogen) atoms. The highest BCUT2D eigenvalue weighted by Gasteiger charge is 2.25. The van der Waals surface area contributed by atoms with Crippen LogP contribution in [0.1, 0.15) is 31.7 Å². The molecule has 1 N–H and O–H groups in total. The Morgan fingerprint density at radius 2 is 2.18 bits per heavy atom. The van der Waals surface area contributed by atoms with Crippen molar-refractivity contribution in [2.24, 2.45) is 7.05 Å². The van der Waals surface area contributed by atoms with Gasteiger partial charge in [0.15, 0.2) is 0 Å². The average Bonchev–Trinajstić information content (AvgIpc) is 2.53. The molecular formula is C12H21BrN2O2. The highest BCUT2D eigenvalue weighted by atomic mass is 79.9. The number of ether oxygens (including phenoxy) is 1. The summed E-state index contributed by atoms with van der Waals surface area (Å²) in [5, 5.41) is 14.7. The third kappa shape index (κ3) is 3.79. The van der Waals surface area contributed by atoms with Crippen molar-refractivity contribution >= 4 is 15.9 Å². The van der Waals surface area contributed by atoms with Crippen LogP contribution in [-0.4, -0.2) is 34.2 Å². The van der Waals surface area contributed by atoms with E-state index in [1.54, 1.807) is 7.11 Å². The zero-order valence-electron chi connectivity index (χ0n) is 11.0. The summed E-state index contributed by atoms with van der Waals surface area (Å²) in [5.74, 6) is 0. The SMILES string of the molecule is CCc1nn(C)c(CC(C)(O)CCOC)c1Br. The zero-order chi connectivity index (χ0) is 13.1. The highest BCUT2D eigenvalue weighted by Crippen LogP contribution is 2.26. The normalized spacial score (nSPS) is 14.9. The summed E-state index contributed by atoms with van der Waals surface area (Å²) in [7, 11) is 3.55. The van der Waals surface area contributed by atoms with Gasteiger partial charge >= 0.3 is 0 Å². The fourth-order valence-electron chi connectivity index (χ4n) is 1.78. The van der Waals surface area contributed by atoms with E-state index in [1.807, 2.05) is 18.7 Å². The molecule has 0 spiro atoms. The van der Waals surface area contributed by atoms with Crippen LogP contribution in [0.15, 0.2) is 4.47 Å². The molecule has 0 aliphatic carbocycles. The molecule has 1 rings (SSSR count). The van der Waals surface area contributed by atoms with Gasteiger partial charge in [0, 0.05) is 27.2 Å². The van der Waals surface area contributed by atoms with Crippen LogP contribution in [0.3, 0.4) is 0 Å². The van der Waals surface area contributed by atoms with Gasteiger partial charge in [-0.3, -0.25) is 4.68 Å². The zero-order valence-corrected chi connectivity index (χ0v) is 12.5. The van der Waals surface area contributed by atoms with Crippen LogP contribution >= 0.6 is 15.9 Å². The summed E-state index contributed by atoms with van der Waals surface area (Å²) < 4.78 is 7.86. The average molecular weight is 305 g/mol. The first kappa shape index (κ1) is 14.7. The van der Waals surface area contributed by atoms with Gasteiger partial charge in [-0.05, 0) is 35.7 Å². The van der Waals surface area contributed by atoms with Gasteiger partial charge in [0.1, 0.15) is 0 Å². The van der Waals surface area contributed by atoms with Gasteiger partial charge in [0.25, 0.3) is 0 Å². The van der Waals surface area contributed by atoms with Gasteiger partial charge in [-0.1, -0.05) is 6.92 Å². The molecular weight excluding hydrogens is 284 g/mol. The Balaban J connectivity index is 2.83. The van der Waals surface area contributed by atoms with Crippen LogP contribution in [0.2, 0.25) is 0 Å². The maximum atomic E-state index is 10.3. The fourth-order valence-corrected chi connectivity index (χ4v) is 2.54. The molecule has 1 unspecified atom stereocenters. The summed E-state index contributed by atoms with van der Waals surface area (Å²) in [4.78, 5) is 0. The van der Waals surface area contributed by atoms with E-state index in [0.717, 1.165) is 22.3 Å². The first-order valence-corrected chi connectivity index (χ1v) is 6.62. The smallest absolute Gasteiger partial charge is 0.0766 e. The summed E-state index contributed by atoms with van der Waals surface area (Å²) >= 11 is 3.56. The summed E-state index contributed by atoms with van der Waals surface area (Å²) in [6.45, 7) is 4.46. The van der Waals surface area contributed by atoms with Crippen LogP contribution in [0.5, 0.6) is 0 Å². The van der Waals surface area contributed by atoms with Crippen molar-refractivity contribution in [1.29, 1.82) is 0 Å². The Morgan fingerprint density at radius 1 is 1.53 bits per heavy atom. The molecule has 0 radical (unpaired) electrons. The molecule has 4 nitrogen and oxygen atoms in total. The first-order valence-electron chi connectivity index (χ1n) is 5.83. The van der Waals surface area contributed by atoms with E-state index in [0.29, 0.717) is 19.4 Å². The lowest BCUT2D eigenvalue weighted by Gasteiger charge is -2.23. The lowest BCUT2D eigenvalue weighted by atomic mass is 9.96. The van der Waals surface area contributed by atoms with Crippen molar-refractivity contribution in [3.05, 3.63) is 15.9 Å². The molecule has 1 heterocycles. The number of aryl methyl sites for hydroxylation is 2. The molecule has 98 valence electrons. The van der Waals surface area contributed by atoms with Crippen molar-refractivity contribution in [2.75, 3.05) is 13.7 Å². The largest absolute Gasteiger partial charge is 0.390 e. The van der Waals surface area contributed by atoms with Crippen molar-refractivity contribution in [1.82, 2.24) is 9.78 Å². The van der Waals surface area contributed by atoms with Crippen molar-refractivity contribution in [2.45, 2.75) is 38.7 Å². The lowest BCUT2D eigenvalue weighted by Crippen LogP contribution is -2.30. The van der Waals surface area contributed by atoms with Crippen molar-refractivity contribution in [3.8, 4) is 0 Å². The second-order valence-electron chi connectivity index (χ2n) is 4.60. The van der Waals surface area contributed by atoms with Crippen molar-refractivity contribution in [3.63, 3.8) is 0 Å². The fraction of sp³-hybridized carbons (Fsp3) is 0.750. The number of aliphatic hydroxyl groups is 1. The quantitative estimate of drug-likeness (QED) is 0.875. The highest BCUT2D eigenvalue weighted by molar-refractivity contribution is 9.10. The second kappa shape index (κ2) is 5.98. The molecule has 5 heteroatoms. The third-order valence-corrected chi connectivity index (χ3v) is 3.81. The minimum absolute atomic E-state index is 0.559.